The lowest BCUT2D eigenvalue weighted by molar-refractivity contribution is -0.0756. The first-order chi connectivity index (χ1) is 8.79. The Bertz CT molecular complexity index is 484. The van der Waals surface area contributed by atoms with Gasteiger partial charge in [-0.15, -0.1) is 0 Å². The molecular formula is C14H17BrFNO2. The average Bonchev–Trinajstić information content (AvgIpc) is 2.30. The van der Waals surface area contributed by atoms with E-state index in [1.807, 2.05) is 20.8 Å². The van der Waals surface area contributed by atoms with E-state index in [-0.39, 0.29) is 17.6 Å². The predicted octanol–water partition coefficient (Wildman–Crippen LogP) is 3.23. The number of hydrogen-bond donors (Lipinski definition) is 0. The van der Waals surface area contributed by atoms with Gasteiger partial charge in [-0.25, -0.2) is 4.39 Å². The molecule has 1 aliphatic heterocycles. The predicted molar refractivity (Wildman–Crippen MR) is 74.6 cm³/mol. The summed E-state index contributed by atoms with van der Waals surface area (Å²) in [6.45, 7) is 6.82. The largest absolute Gasteiger partial charge is 0.374 e. The first-order valence-corrected chi connectivity index (χ1v) is 6.98. The molecule has 1 heterocycles. The summed E-state index contributed by atoms with van der Waals surface area (Å²) in [5, 5.41) is 0. The molecule has 0 spiro atoms. The third-order valence-corrected chi connectivity index (χ3v) is 3.70. The molecule has 1 aromatic carbocycles. The van der Waals surface area contributed by atoms with E-state index in [2.05, 4.69) is 15.9 Å². The molecule has 1 aromatic rings. The molecule has 0 bridgehead atoms. The zero-order valence-electron chi connectivity index (χ0n) is 11.2. The van der Waals surface area contributed by atoms with Crippen LogP contribution in [-0.4, -0.2) is 35.6 Å². The van der Waals surface area contributed by atoms with Crippen LogP contribution in [0.1, 0.15) is 31.1 Å². The van der Waals surface area contributed by atoms with E-state index in [0.717, 1.165) is 0 Å². The molecule has 0 saturated carbocycles. The Morgan fingerprint density at radius 3 is 2.79 bits per heavy atom. The molecule has 2 rings (SSSR count). The van der Waals surface area contributed by atoms with Gasteiger partial charge in [0.25, 0.3) is 5.91 Å². The molecule has 1 fully saturated rings. The summed E-state index contributed by atoms with van der Waals surface area (Å²) in [5.41, 5.74) is -0.0309. The number of carbonyl (C=O) groups is 1. The molecule has 5 heteroatoms. The van der Waals surface area contributed by atoms with Gasteiger partial charge in [-0.2, -0.15) is 0 Å². The van der Waals surface area contributed by atoms with Crippen molar-refractivity contribution in [2.75, 3.05) is 13.2 Å². The fourth-order valence-corrected chi connectivity index (χ4v) is 2.64. The fourth-order valence-electron chi connectivity index (χ4n) is 2.17. The van der Waals surface area contributed by atoms with Crippen molar-refractivity contribution in [2.45, 2.75) is 32.4 Å². The van der Waals surface area contributed by atoms with Gasteiger partial charge in [-0.05, 0) is 39.0 Å². The molecule has 1 atom stereocenters. The molecule has 1 amide bonds. The van der Waals surface area contributed by atoms with Crippen LogP contribution in [0.5, 0.6) is 0 Å². The lowest BCUT2D eigenvalue weighted by Crippen LogP contribution is -2.57. The second kappa shape index (κ2) is 5.21. The Labute approximate surface area is 120 Å². The highest BCUT2D eigenvalue weighted by atomic mass is 79.9. The number of benzene rings is 1. The third kappa shape index (κ3) is 3.15. The van der Waals surface area contributed by atoms with Crippen molar-refractivity contribution in [3.8, 4) is 0 Å². The first kappa shape index (κ1) is 14.5. The third-order valence-electron chi connectivity index (χ3n) is 3.25. The molecule has 1 saturated heterocycles. The van der Waals surface area contributed by atoms with E-state index in [1.165, 1.54) is 12.1 Å². The Hall–Kier alpha value is -0.940. The van der Waals surface area contributed by atoms with Gasteiger partial charge in [0.2, 0.25) is 0 Å². The number of morpholine rings is 1. The van der Waals surface area contributed by atoms with Gasteiger partial charge in [0, 0.05) is 16.6 Å². The summed E-state index contributed by atoms with van der Waals surface area (Å²) in [5.74, 6) is -0.586. The zero-order valence-corrected chi connectivity index (χ0v) is 12.8. The minimum Gasteiger partial charge on any atom is -0.374 e. The number of amides is 1. The summed E-state index contributed by atoms with van der Waals surface area (Å²) < 4.78 is 19.5. The summed E-state index contributed by atoms with van der Waals surface area (Å²) in [6.07, 6.45) is -0.00558. The van der Waals surface area contributed by atoms with Gasteiger partial charge in [0.1, 0.15) is 5.82 Å². The SMILES string of the molecule is CC1CN(C(=O)c2cc(F)cc(Br)c2)C(C)(C)CO1. The summed E-state index contributed by atoms with van der Waals surface area (Å²) in [7, 11) is 0. The van der Waals surface area contributed by atoms with E-state index in [1.54, 1.807) is 11.0 Å². The Morgan fingerprint density at radius 2 is 2.16 bits per heavy atom. The van der Waals surface area contributed by atoms with E-state index >= 15 is 0 Å². The minimum absolute atomic E-state index is 0.00558. The Kier molecular flexibility index (Phi) is 3.97. The average molecular weight is 330 g/mol. The number of hydrogen-bond acceptors (Lipinski definition) is 2. The topological polar surface area (TPSA) is 29.5 Å². The fraction of sp³-hybridized carbons (Fsp3) is 0.500. The second-order valence-corrected chi connectivity index (χ2v) is 6.42. The second-order valence-electron chi connectivity index (χ2n) is 5.51. The van der Waals surface area contributed by atoms with Crippen molar-refractivity contribution >= 4 is 21.8 Å². The molecule has 104 valence electrons. The summed E-state index contributed by atoms with van der Waals surface area (Å²) in [6, 6.07) is 4.24. The van der Waals surface area contributed by atoms with Crippen LogP contribution in [-0.2, 0) is 4.74 Å². The molecule has 0 aliphatic carbocycles. The quantitative estimate of drug-likeness (QED) is 0.791. The van der Waals surface area contributed by atoms with Crippen molar-refractivity contribution < 1.29 is 13.9 Å². The molecule has 19 heavy (non-hydrogen) atoms. The van der Waals surface area contributed by atoms with Gasteiger partial charge >= 0.3 is 0 Å². The van der Waals surface area contributed by atoms with Crippen LogP contribution in [0.25, 0.3) is 0 Å². The van der Waals surface area contributed by atoms with Crippen LogP contribution in [0, 0.1) is 5.82 Å². The van der Waals surface area contributed by atoms with Gasteiger partial charge in [0.15, 0.2) is 0 Å². The van der Waals surface area contributed by atoms with Crippen molar-refractivity contribution in [2.24, 2.45) is 0 Å². The van der Waals surface area contributed by atoms with Crippen LogP contribution in [0.2, 0.25) is 0 Å². The zero-order chi connectivity index (χ0) is 14.2. The Morgan fingerprint density at radius 1 is 1.47 bits per heavy atom. The van der Waals surface area contributed by atoms with Crippen LogP contribution < -0.4 is 0 Å². The lowest BCUT2D eigenvalue weighted by atomic mass is 9.99. The Balaban J connectivity index is 2.31. The maximum absolute atomic E-state index is 13.4. The van der Waals surface area contributed by atoms with Crippen molar-refractivity contribution in [3.63, 3.8) is 0 Å². The smallest absolute Gasteiger partial charge is 0.254 e. The summed E-state index contributed by atoms with van der Waals surface area (Å²) >= 11 is 3.21. The van der Waals surface area contributed by atoms with Gasteiger partial charge < -0.3 is 9.64 Å². The number of nitrogens with zero attached hydrogens (tertiary/aromatic N) is 1. The van der Waals surface area contributed by atoms with Crippen LogP contribution in [0.4, 0.5) is 4.39 Å². The van der Waals surface area contributed by atoms with Gasteiger partial charge in [0.05, 0.1) is 18.2 Å². The normalized spacial score (nSPS) is 22.4. The molecular weight excluding hydrogens is 313 g/mol. The lowest BCUT2D eigenvalue weighted by Gasteiger charge is -2.44. The van der Waals surface area contributed by atoms with Crippen molar-refractivity contribution in [3.05, 3.63) is 34.1 Å². The molecule has 0 radical (unpaired) electrons. The van der Waals surface area contributed by atoms with Crippen molar-refractivity contribution in [1.82, 2.24) is 4.90 Å². The standard InChI is InChI=1S/C14H17BrFNO2/c1-9-7-17(14(2,3)8-19-9)13(18)10-4-11(15)6-12(16)5-10/h4-6,9H,7-8H2,1-3H3. The minimum atomic E-state index is -0.420. The van der Waals surface area contributed by atoms with Gasteiger partial charge in [-0.3, -0.25) is 4.79 Å². The van der Waals surface area contributed by atoms with Crippen LogP contribution in [0.3, 0.4) is 0 Å². The highest BCUT2D eigenvalue weighted by Crippen LogP contribution is 2.25. The number of halogens is 2. The number of carbonyl (C=O) groups excluding carboxylic acids is 1. The number of rotatable bonds is 1. The van der Waals surface area contributed by atoms with Crippen LogP contribution in [0.15, 0.2) is 22.7 Å². The highest BCUT2D eigenvalue weighted by molar-refractivity contribution is 9.10. The molecule has 1 unspecified atom stereocenters. The van der Waals surface area contributed by atoms with Gasteiger partial charge in [-0.1, -0.05) is 15.9 Å². The first-order valence-electron chi connectivity index (χ1n) is 6.19. The molecule has 0 aromatic heterocycles. The van der Waals surface area contributed by atoms with Crippen molar-refractivity contribution in [1.29, 1.82) is 0 Å². The highest BCUT2D eigenvalue weighted by Gasteiger charge is 2.37. The monoisotopic (exact) mass is 329 g/mol. The van der Waals surface area contributed by atoms with Crippen LogP contribution >= 0.6 is 15.9 Å². The summed E-state index contributed by atoms with van der Waals surface area (Å²) in [4.78, 5) is 14.3. The molecule has 0 N–H and O–H groups in total. The van der Waals surface area contributed by atoms with E-state index < -0.39 is 5.82 Å². The maximum atomic E-state index is 13.4. The molecule has 1 aliphatic rings. The number of ether oxygens (including phenoxy) is 1. The molecule has 3 nitrogen and oxygen atoms in total. The van der Waals surface area contributed by atoms with E-state index in [9.17, 15) is 9.18 Å². The van der Waals surface area contributed by atoms with E-state index in [0.29, 0.717) is 23.2 Å². The maximum Gasteiger partial charge on any atom is 0.254 e. The van der Waals surface area contributed by atoms with E-state index in [4.69, 9.17) is 4.74 Å².